The Hall–Kier alpha value is -2.65. The van der Waals surface area contributed by atoms with Crippen molar-refractivity contribution in [1.29, 1.82) is 0 Å². The molecule has 0 spiro atoms. The molecule has 0 radical (unpaired) electrons. The normalized spacial score (nSPS) is 10.3. The maximum atomic E-state index is 11.4. The van der Waals surface area contributed by atoms with Crippen molar-refractivity contribution in [1.82, 2.24) is 15.2 Å². The zero-order chi connectivity index (χ0) is 16.3. The Morgan fingerprint density at radius 2 is 2.32 bits per heavy atom. The van der Waals surface area contributed by atoms with Crippen LogP contribution >= 0.6 is 11.6 Å². The van der Waals surface area contributed by atoms with Gasteiger partial charge in [-0.2, -0.15) is 5.10 Å². The van der Waals surface area contributed by atoms with Crippen molar-refractivity contribution in [3.8, 4) is 5.75 Å². The molecule has 3 N–H and O–H groups in total. The van der Waals surface area contributed by atoms with Crippen LogP contribution in [0.5, 0.6) is 5.75 Å². The van der Waals surface area contributed by atoms with Crippen molar-refractivity contribution >= 4 is 23.2 Å². The first-order chi connectivity index (χ1) is 10.4. The molecule has 0 saturated heterocycles. The predicted molar refractivity (Wildman–Crippen MR) is 77.4 cm³/mol. The molecule has 0 fully saturated rings. The molecule has 2 rings (SSSR count). The minimum Gasteiger partial charge on any atom is -0.464 e. The van der Waals surface area contributed by atoms with Gasteiger partial charge in [-0.05, 0) is 18.6 Å². The fraction of sp³-hybridized carbons (Fsp3) is 0.167. The lowest BCUT2D eigenvalue weighted by molar-refractivity contribution is -0.386. The summed E-state index contributed by atoms with van der Waals surface area (Å²) in [6.07, 6.45) is 1.35. The van der Waals surface area contributed by atoms with Gasteiger partial charge in [-0.1, -0.05) is 17.7 Å². The van der Waals surface area contributed by atoms with E-state index in [9.17, 15) is 14.9 Å². The number of nitrogens with two attached hydrogens (primary N) is 1. The number of hydrazine groups is 1. The van der Waals surface area contributed by atoms with E-state index < -0.39 is 10.8 Å². The zero-order valence-electron chi connectivity index (χ0n) is 11.4. The number of aryl methyl sites for hydroxylation is 1. The molecular weight excluding hydrogens is 314 g/mol. The largest absolute Gasteiger partial charge is 0.464 e. The maximum Gasteiger partial charge on any atom is 0.311 e. The van der Waals surface area contributed by atoms with Crippen LogP contribution in [0.3, 0.4) is 0 Å². The minimum atomic E-state index is -0.648. The van der Waals surface area contributed by atoms with Crippen molar-refractivity contribution in [2.45, 2.75) is 13.7 Å². The van der Waals surface area contributed by atoms with Gasteiger partial charge in [-0.15, -0.1) is 0 Å². The van der Waals surface area contributed by atoms with Crippen LogP contribution in [0.25, 0.3) is 0 Å². The number of nitrogens with zero attached hydrogens (tertiary/aromatic N) is 3. The number of amides is 1. The third-order valence-corrected chi connectivity index (χ3v) is 3.00. The molecule has 0 saturated carbocycles. The van der Waals surface area contributed by atoms with Crippen LogP contribution in [0.2, 0.25) is 5.02 Å². The summed E-state index contributed by atoms with van der Waals surface area (Å²) in [5, 5.41) is 15.0. The molecule has 2 aromatic rings. The highest BCUT2D eigenvalue weighted by atomic mass is 35.5. The number of halogens is 1. The third kappa shape index (κ3) is 3.32. The fourth-order valence-electron chi connectivity index (χ4n) is 1.71. The molecule has 0 aliphatic rings. The Morgan fingerprint density at radius 1 is 1.59 bits per heavy atom. The van der Waals surface area contributed by atoms with E-state index in [0.717, 1.165) is 5.56 Å². The Bertz CT molecular complexity index is 730. The SMILES string of the molecule is Cc1ccc(OCn2cc(Cl)c(C(=O)NN)n2)c([N+](=O)[O-])c1. The number of aromatic nitrogens is 2. The summed E-state index contributed by atoms with van der Waals surface area (Å²) in [6.45, 7) is 1.59. The number of nitro groups is 1. The Kier molecular flexibility index (Phi) is 4.59. The Morgan fingerprint density at radius 3 is 2.95 bits per heavy atom. The van der Waals surface area contributed by atoms with E-state index in [4.69, 9.17) is 22.2 Å². The summed E-state index contributed by atoms with van der Waals surface area (Å²) in [7, 11) is 0. The van der Waals surface area contributed by atoms with Crippen molar-refractivity contribution in [3.05, 3.63) is 50.8 Å². The van der Waals surface area contributed by atoms with Gasteiger partial charge in [-0.3, -0.25) is 20.3 Å². The molecule has 0 aliphatic heterocycles. The van der Waals surface area contributed by atoms with Gasteiger partial charge in [0.25, 0.3) is 5.91 Å². The molecule has 0 unspecified atom stereocenters. The molecule has 1 aromatic carbocycles. The van der Waals surface area contributed by atoms with Crippen LogP contribution in [-0.4, -0.2) is 20.6 Å². The van der Waals surface area contributed by atoms with E-state index in [-0.39, 0.29) is 28.9 Å². The van der Waals surface area contributed by atoms with Crippen molar-refractivity contribution in [2.24, 2.45) is 5.84 Å². The van der Waals surface area contributed by atoms with Gasteiger partial charge in [0, 0.05) is 12.3 Å². The van der Waals surface area contributed by atoms with Gasteiger partial charge in [-0.25, -0.2) is 10.5 Å². The number of hydrogen-bond acceptors (Lipinski definition) is 6. The topological polar surface area (TPSA) is 125 Å². The predicted octanol–water partition coefficient (Wildman–Crippen LogP) is 1.39. The van der Waals surface area contributed by atoms with E-state index in [1.165, 1.54) is 23.0 Å². The number of carbonyl (C=O) groups excluding carboxylic acids is 1. The van der Waals surface area contributed by atoms with E-state index in [1.807, 2.05) is 5.43 Å². The van der Waals surface area contributed by atoms with Crippen LogP contribution in [0.4, 0.5) is 5.69 Å². The highest BCUT2D eigenvalue weighted by molar-refractivity contribution is 6.33. The second kappa shape index (κ2) is 6.41. The summed E-state index contributed by atoms with van der Waals surface area (Å²) in [5.74, 6) is 4.44. The second-order valence-corrected chi connectivity index (χ2v) is 4.75. The number of nitrogen functional groups attached to an aromatic ring is 1. The average Bonchev–Trinajstić information content (AvgIpc) is 2.86. The minimum absolute atomic E-state index is 0.0637. The van der Waals surface area contributed by atoms with Crippen LogP contribution < -0.4 is 16.0 Å². The van der Waals surface area contributed by atoms with Gasteiger partial charge in [0.05, 0.1) is 9.95 Å². The highest BCUT2D eigenvalue weighted by Crippen LogP contribution is 2.28. The van der Waals surface area contributed by atoms with Crippen molar-refractivity contribution in [2.75, 3.05) is 0 Å². The monoisotopic (exact) mass is 325 g/mol. The molecule has 0 atom stereocenters. The van der Waals surface area contributed by atoms with Gasteiger partial charge < -0.3 is 4.74 Å². The molecule has 1 amide bonds. The molecular formula is C12H12ClN5O4. The van der Waals surface area contributed by atoms with Gasteiger partial charge in [0.2, 0.25) is 0 Å². The fourth-order valence-corrected chi connectivity index (χ4v) is 1.95. The summed E-state index contributed by atoms with van der Waals surface area (Å²) in [4.78, 5) is 21.8. The van der Waals surface area contributed by atoms with Gasteiger partial charge >= 0.3 is 5.69 Å². The molecule has 0 aliphatic carbocycles. The average molecular weight is 326 g/mol. The van der Waals surface area contributed by atoms with Crippen molar-refractivity contribution < 1.29 is 14.5 Å². The summed E-state index contributed by atoms with van der Waals surface area (Å²) < 4.78 is 6.59. The maximum absolute atomic E-state index is 11.4. The van der Waals surface area contributed by atoms with Crippen LogP contribution in [0.1, 0.15) is 16.1 Å². The number of nitrogens with one attached hydrogen (secondary N) is 1. The third-order valence-electron chi connectivity index (χ3n) is 2.73. The molecule has 1 heterocycles. The Balaban J connectivity index is 2.17. The first-order valence-corrected chi connectivity index (χ1v) is 6.42. The van der Waals surface area contributed by atoms with E-state index >= 15 is 0 Å². The van der Waals surface area contributed by atoms with Crippen molar-refractivity contribution in [3.63, 3.8) is 0 Å². The van der Waals surface area contributed by atoms with Crippen LogP contribution in [-0.2, 0) is 6.73 Å². The number of hydrogen-bond donors (Lipinski definition) is 2. The number of carbonyl (C=O) groups is 1. The molecule has 22 heavy (non-hydrogen) atoms. The van der Waals surface area contributed by atoms with E-state index in [0.29, 0.717) is 0 Å². The first-order valence-electron chi connectivity index (χ1n) is 6.04. The molecule has 9 nitrogen and oxygen atoms in total. The zero-order valence-corrected chi connectivity index (χ0v) is 12.2. The number of nitro benzene ring substituents is 1. The lowest BCUT2D eigenvalue weighted by atomic mass is 10.2. The molecule has 1 aromatic heterocycles. The molecule has 10 heteroatoms. The second-order valence-electron chi connectivity index (χ2n) is 4.34. The van der Waals surface area contributed by atoms with E-state index in [1.54, 1.807) is 13.0 Å². The smallest absolute Gasteiger partial charge is 0.311 e. The van der Waals surface area contributed by atoms with E-state index in [2.05, 4.69) is 5.10 Å². The van der Waals surface area contributed by atoms with Gasteiger partial charge in [0.1, 0.15) is 0 Å². The summed E-state index contributed by atoms with van der Waals surface area (Å²) >= 11 is 5.84. The number of ether oxygens (including phenoxy) is 1. The van der Waals surface area contributed by atoms with Crippen LogP contribution in [0, 0.1) is 17.0 Å². The summed E-state index contributed by atoms with van der Waals surface area (Å²) in [5.41, 5.74) is 2.43. The molecule has 0 bridgehead atoms. The lowest BCUT2D eigenvalue weighted by Gasteiger charge is -2.07. The number of benzene rings is 1. The highest BCUT2D eigenvalue weighted by Gasteiger charge is 2.17. The number of rotatable bonds is 5. The standard InChI is InChI=1S/C12H12ClN5O4/c1-7-2-3-10(9(4-7)18(20)21)22-6-17-5-8(13)11(16-17)12(19)15-14/h2-5H,6,14H2,1H3,(H,15,19). The van der Waals surface area contributed by atoms with Crippen LogP contribution in [0.15, 0.2) is 24.4 Å². The Labute approximate surface area is 129 Å². The molecule has 116 valence electrons. The summed E-state index contributed by atoms with van der Waals surface area (Å²) in [6, 6.07) is 4.58. The van der Waals surface area contributed by atoms with Gasteiger partial charge in [0.15, 0.2) is 18.2 Å². The first kappa shape index (κ1) is 15.7. The lowest BCUT2D eigenvalue weighted by Crippen LogP contribution is -2.30. The quantitative estimate of drug-likeness (QED) is 0.370.